The van der Waals surface area contributed by atoms with E-state index in [4.69, 9.17) is 4.74 Å². The molecule has 2 aromatic rings. The molecule has 8 nitrogen and oxygen atoms in total. The Bertz CT molecular complexity index is 897. The summed E-state index contributed by atoms with van der Waals surface area (Å²) in [6.07, 6.45) is 3.63. The number of likely N-dealkylation sites (tertiary alicyclic amines) is 1. The number of nitrogens with zero attached hydrogens (tertiary/aromatic N) is 5. The smallest absolute Gasteiger partial charge is 0.153 e. The van der Waals surface area contributed by atoms with Gasteiger partial charge in [-0.2, -0.15) is 0 Å². The topological polar surface area (TPSA) is 85.6 Å². The third kappa shape index (κ3) is 3.71. The van der Waals surface area contributed by atoms with E-state index in [1.807, 2.05) is 12.3 Å². The van der Waals surface area contributed by atoms with Crippen LogP contribution in [-0.4, -0.2) is 54.4 Å². The molecule has 9 heteroatoms. The Hall–Kier alpha value is -2.07. The molecule has 30 heavy (non-hydrogen) atoms. The summed E-state index contributed by atoms with van der Waals surface area (Å²) in [7, 11) is 0. The lowest BCUT2D eigenvalue weighted by Crippen LogP contribution is -2.46. The highest BCUT2D eigenvalue weighted by Gasteiger charge is 2.40. The molecule has 3 aliphatic heterocycles. The number of benzene rings is 1. The molecule has 2 N–H and O–H groups in total. The zero-order valence-corrected chi connectivity index (χ0v) is 18.0. The second-order valence-corrected chi connectivity index (χ2v) is 9.29. The molecule has 5 rings (SSSR count). The summed E-state index contributed by atoms with van der Waals surface area (Å²) in [4.78, 5) is 9.06. The van der Waals surface area contributed by atoms with Gasteiger partial charge in [0, 0.05) is 54.9 Å². The summed E-state index contributed by atoms with van der Waals surface area (Å²) in [5.41, 5.74) is 5.49. The molecule has 0 bridgehead atoms. The first-order chi connectivity index (χ1) is 14.6. The third-order valence-corrected chi connectivity index (χ3v) is 7.49. The van der Waals surface area contributed by atoms with Crippen LogP contribution in [0.4, 0.5) is 11.4 Å². The Morgan fingerprint density at radius 2 is 2.13 bits per heavy atom. The lowest BCUT2D eigenvalue weighted by molar-refractivity contribution is -0.0459. The highest BCUT2D eigenvalue weighted by Crippen LogP contribution is 2.41. The molecule has 0 saturated carbocycles. The van der Waals surface area contributed by atoms with Crippen molar-refractivity contribution in [3.8, 4) is 0 Å². The molecule has 3 aliphatic rings. The van der Waals surface area contributed by atoms with Gasteiger partial charge in [-0.25, -0.2) is 4.98 Å². The van der Waals surface area contributed by atoms with Gasteiger partial charge in [-0.1, -0.05) is 11.3 Å². The molecule has 0 radical (unpaired) electrons. The number of hydrogen-bond acceptors (Lipinski definition) is 9. The highest BCUT2D eigenvalue weighted by molar-refractivity contribution is 7.09. The number of aromatic nitrogens is 1. The van der Waals surface area contributed by atoms with Crippen LogP contribution in [0.3, 0.4) is 0 Å². The maximum atomic E-state index is 11.2. The van der Waals surface area contributed by atoms with Crippen LogP contribution in [0.15, 0.2) is 40.1 Å². The fraction of sp³-hybridized carbons (Fsp3) is 0.571. The maximum absolute atomic E-state index is 11.2. The van der Waals surface area contributed by atoms with Gasteiger partial charge in [-0.15, -0.1) is 16.5 Å². The number of rotatable bonds is 4. The van der Waals surface area contributed by atoms with E-state index in [1.165, 1.54) is 17.0 Å². The highest BCUT2D eigenvalue weighted by atomic mass is 32.1. The quantitative estimate of drug-likeness (QED) is 0.776. The molecular weight excluding hydrogens is 400 g/mol. The first-order valence-corrected chi connectivity index (χ1v) is 11.5. The van der Waals surface area contributed by atoms with Crippen molar-refractivity contribution < 1.29 is 9.84 Å². The normalized spacial score (nSPS) is 26.7. The molecule has 3 atom stereocenters. The van der Waals surface area contributed by atoms with Crippen molar-refractivity contribution >= 4 is 22.7 Å². The molecule has 3 unspecified atom stereocenters. The molecule has 1 aromatic heterocycles. The van der Waals surface area contributed by atoms with Crippen LogP contribution in [0.2, 0.25) is 0 Å². The first-order valence-electron chi connectivity index (χ1n) is 10.6. The van der Waals surface area contributed by atoms with Crippen molar-refractivity contribution in [3.05, 3.63) is 40.3 Å². The minimum Gasteiger partial charge on any atom is -0.383 e. The molecule has 0 spiro atoms. The van der Waals surface area contributed by atoms with Gasteiger partial charge in [0.25, 0.3) is 0 Å². The lowest BCUT2D eigenvalue weighted by Gasteiger charge is -2.42. The zero-order valence-electron chi connectivity index (χ0n) is 17.2. The third-order valence-electron chi connectivity index (χ3n) is 6.49. The minimum absolute atomic E-state index is 0.110. The minimum atomic E-state index is -0.931. The number of thiazole rings is 1. The number of hydrogen-bond donors (Lipinski definition) is 2. The predicted octanol–water partition coefficient (Wildman–Crippen LogP) is 3.39. The van der Waals surface area contributed by atoms with Gasteiger partial charge in [0.05, 0.1) is 18.9 Å². The van der Waals surface area contributed by atoms with E-state index in [1.54, 1.807) is 6.20 Å². The summed E-state index contributed by atoms with van der Waals surface area (Å²) < 4.78 is 5.47. The Morgan fingerprint density at radius 1 is 1.27 bits per heavy atom. The Labute approximate surface area is 180 Å². The summed E-state index contributed by atoms with van der Waals surface area (Å²) in [5.74, 6) is 0.110. The van der Waals surface area contributed by atoms with Crippen molar-refractivity contribution in [2.24, 2.45) is 16.3 Å². The Balaban J connectivity index is 1.36. The standard InChI is InChI=1S/C21H28N6O2S/c1-21(28,20-22-6-12-30-20)15-3-2-7-27(14-15)19-17-5-4-16(13-18(17)23-25-24-19)26-8-10-29-11-9-26/h4-6,12-13,15,19,28H,2-3,7-11,14H2,1H3,(H,23,24). The van der Waals surface area contributed by atoms with Crippen LogP contribution < -0.4 is 10.3 Å². The van der Waals surface area contributed by atoms with E-state index in [9.17, 15) is 5.11 Å². The monoisotopic (exact) mass is 428 g/mol. The average Bonchev–Trinajstić information content (AvgIpc) is 3.35. The van der Waals surface area contributed by atoms with E-state index < -0.39 is 5.60 Å². The Morgan fingerprint density at radius 3 is 2.93 bits per heavy atom. The SMILES string of the molecule is CC(O)(c1nccs1)C1CCCN(C2N=NNc3cc(N4CCOCC4)ccc32)C1. The van der Waals surface area contributed by atoms with E-state index >= 15 is 0 Å². The number of morpholine rings is 1. The van der Waals surface area contributed by atoms with Crippen LogP contribution in [0, 0.1) is 5.92 Å². The first kappa shape index (κ1) is 19.9. The number of anilines is 2. The van der Waals surface area contributed by atoms with Crippen LogP contribution in [0.25, 0.3) is 0 Å². The summed E-state index contributed by atoms with van der Waals surface area (Å²) in [5, 5.41) is 22.7. The molecule has 0 amide bonds. The summed E-state index contributed by atoms with van der Waals surface area (Å²) in [6.45, 7) is 6.95. The number of piperidine rings is 1. The molecule has 4 heterocycles. The fourth-order valence-corrected chi connectivity index (χ4v) is 5.47. The fourth-order valence-electron chi connectivity index (χ4n) is 4.69. The number of aliphatic hydroxyl groups is 1. The number of fused-ring (bicyclic) bond motifs is 1. The van der Waals surface area contributed by atoms with Crippen LogP contribution in [0.5, 0.6) is 0 Å². The van der Waals surface area contributed by atoms with Crippen molar-refractivity contribution in [1.82, 2.24) is 9.88 Å². The van der Waals surface area contributed by atoms with Gasteiger partial charge in [-0.05, 0) is 31.9 Å². The molecular formula is C21H28N6O2S. The van der Waals surface area contributed by atoms with E-state index in [0.717, 1.165) is 68.5 Å². The van der Waals surface area contributed by atoms with Gasteiger partial charge in [-0.3, -0.25) is 10.3 Å². The van der Waals surface area contributed by atoms with E-state index in [-0.39, 0.29) is 12.1 Å². The zero-order chi connectivity index (χ0) is 20.6. The van der Waals surface area contributed by atoms with Crippen molar-refractivity contribution in [2.75, 3.05) is 49.7 Å². The maximum Gasteiger partial charge on any atom is 0.153 e. The van der Waals surface area contributed by atoms with E-state index in [0.29, 0.717) is 0 Å². The van der Waals surface area contributed by atoms with Gasteiger partial charge < -0.3 is 14.7 Å². The molecule has 1 aromatic carbocycles. The van der Waals surface area contributed by atoms with Gasteiger partial charge in [0.1, 0.15) is 10.6 Å². The van der Waals surface area contributed by atoms with E-state index in [2.05, 4.69) is 48.7 Å². The van der Waals surface area contributed by atoms with Gasteiger partial charge >= 0.3 is 0 Å². The predicted molar refractivity (Wildman–Crippen MR) is 117 cm³/mol. The molecule has 0 aliphatic carbocycles. The molecule has 160 valence electrons. The van der Waals surface area contributed by atoms with Crippen LogP contribution >= 0.6 is 11.3 Å². The average molecular weight is 429 g/mol. The van der Waals surface area contributed by atoms with Gasteiger partial charge in [0.2, 0.25) is 0 Å². The second-order valence-electron chi connectivity index (χ2n) is 8.39. The van der Waals surface area contributed by atoms with Crippen molar-refractivity contribution in [2.45, 2.75) is 31.5 Å². The van der Waals surface area contributed by atoms with Crippen molar-refractivity contribution in [1.29, 1.82) is 0 Å². The van der Waals surface area contributed by atoms with Crippen LogP contribution in [-0.2, 0) is 10.3 Å². The Kier molecular flexibility index (Phi) is 5.44. The summed E-state index contributed by atoms with van der Waals surface area (Å²) in [6, 6.07) is 6.50. The number of ether oxygens (including phenoxy) is 1. The van der Waals surface area contributed by atoms with Crippen LogP contribution in [0.1, 0.15) is 36.5 Å². The largest absolute Gasteiger partial charge is 0.383 e. The lowest BCUT2D eigenvalue weighted by atomic mass is 9.82. The van der Waals surface area contributed by atoms with Gasteiger partial charge in [0.15, 0.2) is 6.17 Å². The molecule has 2 fully saturated rings. The second kappa shape index (κ2) is 8.22. The summed E-state index contributed by atoms with van der Waals surface area (Å²) >= 11 is 1.52. The molecule has 2 saturated heterocycles. The van der Waals surface area contributed by atoms with Crippen molar-refractivity contribution in [3.63, 3.8) is 0 Å². The number of nitrogens with one attached hydrogen (secondary N) is 1.